The van der Waals surface area contributed by atoms with Gasteiger partial charge in [0.25, 0.3) is 5.91 Å². The zero-order valence-corrected chi connectivity index (χ0v) is 17.7. The van der Waals surface area contributed by atoms with Crippen LogP contribution in [0.2, 0.25) is 0 Å². The molecule has 0 saturated heterocycles. The molecule has 0 saturated carbocycles. The number of ether oxygens (including phenoxy) is 1. The van der Waals surface area contributed by atoms with E-state index >= 15 is 0 Å². The number of fused-ring (bicyclic) bond motifs is 1. The Morgan fingerprint density at radius 1 is 0.968 bits per heavy atom. The Morgan fingerprint density at radius 2 is 1.65 bits per heavy atom. The Morgan fingerprint density at radius 3 is 2.35 bits per heavy atom. The van der Waals surface area contributed by atoms with Gasteiger partial charge in [-0.3, -0.25) is 9.59 Å². The van der Waals surface area contributed by atoms with E-state index in [2.05, 4.69) is 5.32 Å². The predicted molar refractivity (Wildman–Crippen MR) is 121 cm³/mol. The van der Waals surface area contributed by atoms with Gasteiger partial charge in [-0.25, -0.2) is 0 Å². The molecule has 2 amide bonds. The summed E-state index contributed by atoms with van der Waals surface area (Å²) in [5, 5.41) is 3.06. The fourth-order valence-corrected chi connectivity index (χ4v) is 4.19. The van der Waals surface area contributed by atoms with Gasteiger partial charge in [0, 0.05) is 24.9 Å². The average Bonchev–Trinajstić information content (AvgIpc) is 2.80. The molecule has 5 heteroatoms. The maximum absolute atomic E-state index is 13.6. The second kappa shape index (κ2) is 9.14. The highest BCUT2D eigenvalue weighted by Gasteiger charge is 2.43. The Balaban J connectivity index is 1.80. The summed E-state index contributed by atoms with van der Waals surface area (Å²) in [7, 11) is 1.61. The lowest BCUT2D eigenvalue weighted by atomic mass is 9.79. The Hall–Kier alpha value is -3.44. The molecule has 0 bridgehead atoms. The maximum Gasteiger partial charge on any atom is 0.254 e. The third kappa shape index (κ3) is 4.23. The van der Waals surface area contributed by atoms with Crippen molar-refractivity contribution in [2.75, 3.05) is 25.6 Å². The predicted octanol–water partition coefficient (Wildman–Crippen LogP) is 4.56. The van der Waals surface area contributed by atoms with E-state index in [1.807, 2.05) is 79.7 Å². The van der Waals surface area contributed by atoms with E-state index in [9.17, 15) is 9.59 Å². The van der Waals surface area contributed by atoms with Gasteiger partial charge in [0.05, 0.1) is 18.6 Å². The molecule has 0 spiro atoms. The molecule has 1 aliphatic heterocycles. The fraction of sp³-hybridized carbons (Fsp3) is 0.231. The summed E-state index contributed by atoms with van der Waals surface area (Å²) in [4.78, 5) is 28.8. The molecule has 3 aromatic carbocycles. The quantitative estimate of drug-likeness (QED) is 0.643. The molecule has 0 radical (unpaired) electrons. The van der Waals surface area contributed by atoms with Crippen LogP contribution >= 0.6 is 0 Å². The first-order valence-corrected chi connectivity index (χ1v) is 10.4. The van der Waals surface area contributed by atoms with E-state index < -0.39 is 12.0 Å². The van der Waals surface area contributed by atoms with Crippen LogP contribution in [-0.4, -0.2) is 37.0 Å². The fourth-order valence-electron chi connectivity index (χ4n) is 4.19. The van der Waals surface area contributed by atoms with Crippen molar-refractivity contribution < 1.29 is 14.3 Å². The molecule has 4 rings (SSSR count). The second-order valence-electron chi connectivity index (χ2n) is 7.77. The molecule has 1 heterocycles. The molecule has 0 aliphatic carbocycles. The molecule has 0 fully saturated rings. The molecule has 3 aromatic rings. The number of hydrogen-bond donors (Lipinski definition) is 1. The topological polar surface area (TPSA) is 58.6 Å². The van der Waals surface area contributed by atoms with Crippen molar-refractivity contribution in [1.82, 2.24) is 4.90 Å². The van der Waals surface area contributed by atoms with Crippen LogP contribution in [-0.2, 0) is 9.53 Å². The van der Waals surface area contributed by atoms with E-state index in [1.54, 1.807) is 18.1 Å². The standard InChI is InChI=1S/C26H26N2O3/c1-18-12-14-20(15-13-18)27-25(29)23-21-10-6-7-11-22(21)26(30)28(16-17-31-2)24(23)19-8-4-3-5-9-19/h3-15,23-24H,16-17H2,1-2H3,(H,27,29)/t23-,24-/m0/s1. The molecule has 0 aromatic heterocycles. The normalized spacial score (nSPS) is 17.9. The summed E-state index contributed by atoms with van der Waals surface area (Å²) in [6, 6.07) is 24.4. The van der Waals surface area contributed by atoms with Crippen LogP contribution in [0.5, 0.6) is 0 Å². The summed E-state index contributed by atoms with van der Waals surface area (Å²) in [6.07, 6.45) is 0. The number of aryl methyl sites for hydroxylation is 1. The van der Waals surface area contributed by atoms with Gasteiger partial charge in [-0.05, 0) is 36.2 Å². The van der Waals surface area contributed by atoms with Crippen molar-refractivity contribution in [2.45, 2.75) is 18.9 Å². The van der Waals surface area contributed by atoms with Gasteiger partial charge in [-0.2, -0.15) is 0 Å². The maximum atomic E-state index is 13.6. The van der Waals surface area contributed by atoms with Crippen LogP contribution in [0, 0.1) is 6.92 Å². The monoisotopic (exact) mass is 414 g/mol. The van der Waals surface area contributed by atoms with Gasteiger partial charge in [-0.15, -0.1) is 0 Å². The van der Waals surface area contributed by atoms with Crippen LogP contribution in [0.25, 0.3) is 0 Å². The number of methoxy groups -OCH3 is 1. The number of anilines is 1. The molecule has 31 heavy (non-hydrogen) atoms. The van der Waals surface area contributed by atoms with Crippen molar-refractivity contribution >= 4 is 17.5 Å². The summed E-state index contributed by atoms with van der Waals surface area (Å²) in [6.45, 7) is 2.80. The average molecular weight is 415 g/mol. The lowest BCUT2D eigenvalue weighted by molar-refractivity contribution is -0.119. The van der Waals surface area contributed by atoms with Crippen LogP contribution < -0.4 is 5.32 Å². The van der Waals surface area contributed by atoms with Gasteiger partial charge in [0.15, 0.2) is 0 Å². The summed E-state index contributed by atoms with van der Waals surface area (Å²) < 4.78 is 5.27. The van der Waals surface area contributed by atoms with E-state index in [4.69, 9.17) is 4.74 Å². The van der Waals surface area contributed by atoms with Crippen LogP contribution in [0.3, 0.4) is 0 Å². The van der Waals surface area contributed by atoms with E-state index in [0.29, 0.717) is 18.7 Å². The minimum Gasteiger partial charge on any atom is -0.383 e. The smallest absolute Gasteiger partial charge is 0.254 e. The summed E-state index contributed by atoms with van der Waals surface area (Å²) >= 11 is 0. The van der Waals surface area contributed by atoms with Crippen molar-refractivity contribution in [2.24, 2.45) is 0 Å². The van der Waals surface area contributed by atoms with Crippen molar-refractivity contribution in [3.63, 3.8) is 0 Å². The van der Waals surface area contributed by atoms with E-state index in [1.165, 1.54) is 0 Å². The number of benzene rings is 3. The molecule has 5 nitrogen and oxygen atoms in total. The molecular weight excluding hydrogens is 388 g/mol. The lowest BCUT2D eigenvalue weighted by Gasteiger charge is -2.41. The molecule has 1 N–H and O–H groups in total. The first-order valence-electron chi connectivity index (χ1n) is 10.4. The number of rotatable bonds is 6. The zero-order valence-electron chi connectivity index (χ0n) is 17.7. The van der Waals surface area contributed by atoms with Gasteiger partial charge in [-0.1, -0.05) is 66.2 Å². The minimum atomic E-state index is -0.547. The highest BCUT2D eigenvalue weighted by molar-refractivity contribution is 6.04. The number of nitrogens with zero attached hydrogens (tertiary/aromatic N) is 1. The Labute approximate surface area is 182 Å². The Kier molecular flexibility index (Phi) is 6.14. The van der Waals surface area contributed by atoms with Gasteiger partial charge < -0.3 is 15.0 Å². The molecular formula is C26H26N2O3. The summed E-state index contributed by atoms with van der Waals surface area (Å²) in [5.41, 5.74) is 4.10. The molecule has 1 aliphatic rings. The van der Waals surface area contributed by atoms with E-state index in [-0.39, 0.29) is 11.8 Å². The van der Waals surface area contributed by atoms with Crippen molar-refractivity contribution in [1.29, 1.82) is 0 Å². The van der Waals surface area contributed by atoms with Crippen molar-refractivity contribution in [3.8, 4) is 0 Å². The molecule has 2 atom stereocenters. The number of amides is 2. The molecule has 158 valence electrons. The van der Waals surface area contributed by atoms with Crippen LogP contribution in [0.4, 0.5) is 5.69 Å². The highest BCUT2D eigenvalue weighted by atomic mass is 16.5. The third-order valence-corrected chi connectivity index (χ3v) is 5.72. The number of carbonyl (C=O) groups excluding carboxylic acids is 2. The Bertz CT molecular complexity index is 1060. The number of nitrogens with one attached hydrogen (secondary N) is 1. The minimum absolute atomic E-state index is 0.0825. The largest absolute Gasteiger partial charge is 0.383 e. The van der Waals surface area contributed by atoms with Crippen molar-refractivity contribution in [3.05, 3.63) is 101 Å². The SMILES string of the molecule is COCCN1C(=O)c2ccccc2[C@H](C(=O)Nc2ccc(C)cc2)[C@@H]1c1ccccc1. The second-order valence-corrected chi connectivity index (χ2v) is 7.77. The lowest BCUT2D eigenvalue weighted by Crippen LogP contribution is -2.47. The first kappa shape index (κ1) is 20.8. The van der Waals surface area contributed by atoms with Crippen LogP contribution in [0.1, 0.15) is 39.0 Å². The first-order chi connectivity index (χ1) is 15.1. The van der Waals surface area contributed by atoms with Gasteiger partial charge >= 0.3 is 0 Å². The van der Waals surface area contributed by atoms with E-state index in [0.717, 1.165) is 22.4 Å². The number of carbonyl (C=O) groups is 2. The van der Waals surface area contributed by atoms with Gasteiger partial charge in [0.1, 0.15) is 0 Å². The van der Waals surface area contributed by atoms with Crippen LogP contribution in [0.15, 0.2) is 78.9 Å². The van der Waals surface area contributed by atoms with Gasteiger partial charge in [0.2, 0.25) is 5.91 Å². The highest BCUT2D eigenvalue weighted by Crippen LogP contribution is 2.43. The molecule has 0 unspecified atom stereocenters. The number of hydrogen-bond acceptors (Lipinski definition) is 3. The summed E-state index contributed by atoms with van der Waals surface area (Å²) in [5.74, 6) is -0.768. The third-order valence-electron chi connectivity index (χ3n) is 5.72. The zero-order chi connectivity index (χ0) is 21.8.